The van der Waals surface area contributed by atoms with Crippen molar-refractivity contribution in [2.45, 2.75) is 25.8 Å². The Labute approximate surface area is 103 Å². The molecule has 3 nitrogen and oxygen atoms in total. The summed E-state index contributed by atoms with van der Waals surface area (Å²) < 4.78 is 10.6. The molecule has 0 aliphatic carbocycles. The van der Waals surface area contributed by atoms with Gasteiger partial charge in [-0.25, -0.2) is 0 Å². The summed E-state index contributed by atoms with van der Waals surface area (Å²) in [7, 11) is 3.38. The minimum absolute atomic E-state index is 0.419. The fourth-order valence-electron chi connectivity index (χ4n) is 2.39. The van der Waals surface area contributed by atoms with E-state index in [1.54, 1.807) is 14.2 Å². The lowest BCUT2D eigenvalue weighted by atomic mass is 9.90. The van der Waals surface area contributed by atoms with Crippen molar-refractivity contribution in [3.63, 3.8) is 0 Å². The first-order chi connectivity index (χ1) is 8.22. The van der Waals surface area contributed by atoms with Crippen molar-refractivity contribution >= 4 is 0 Å². The van der Waals surface area contributed by atoms with Gasteiger partial charge in [0.2, 0.25) is 0 Å². The second-order valence-corrected chi connectivity index (χ2v) is 4.78. The molecular weight excluding hydrogens is 214 g/mol. The van der Waals surface area contributed by atoms with E-state index in [1.165, 1.54) is 18.4 Å². The van der Waals surface area contributed by atoms with Crippen LogP contribution in [0.4, 0.5) is 0 Å². The van der Waals surface area contributed by atoms with Gasteiger partial charge in [-0.05, 0) is 43.0 Å². The fraction of sp³-hybridized carbons (Fsp3) is 0.571. The molecule has 0 aromatic heterocycles. The van der Waals surface area contributed by atoms with E-state index >= 15 is 0 Å². The van der Waals surface area contributed by atoms with Crippen molar-refractivity contribution in [1.82, 2.24) is 5.32 Å². The molecular formula is C14H21NO2. The Morgan fingerprint density at radius 2 is 1.76 bits per heavy atom. The first-order valence-corrected chi connectivity index (χ1v) is 6.19. The maximum Gasteiger partial charge on any atom is 0.122 e. The Hall–Kier alpha value is -1.22. The molecule has 1 fully saturated rings. The number of methoxy groups -OCH3 is 2. The highest BCUT2D eigenvalue weighted by Crippen LogP contribution is 2.32. The highest BCUT2D eigenvalue weighted by atomic mass is 16.5. The van der Waals surface area contributed by atoms with Crippen LogP contribution in [0.3, 0.4) is 0 Å². The van der Waals surface area contributed by atoms with E-state index in [1.807, 2.05) is 6.07 Å². The summed E-state index contributed by atoms with van der Waals surface area (Å²) in [6.07, 6.45) is 2.44. The average Bonchev–Trinajstić information content (AvgIpc) is 2.38. The van der Waals surface area contributed by atoms with Crippen molar-refractivity contribution < 1.29 is 9.47 Å². The van der Waals surface area contributed by atoms with Gasteiger partial charge in [0.05, 0.1) is 14.2 Å². The molecule has 2 rings (SSSR count). The number of benzene rings is 1. The Morgan fingerprint density at radius 3 is 2.29 bits per heavy atom. The number of hydrogen-bond acceptors (Lipinski definition) is 3. The van der Waals surface area contributed by atoms with E-state index < -0.39 is 0 Å². The third-order valence-corrected chi connectivity index (χ3v) is 3.44. The predicted octanol–water partition coefficient (Wildman–Crippen LogP) is 2.76. The first-order valence-electron chi connectivity index (χ1n) is 6.19. The number of piperidine rings is 1. The van der Waals surface area contributed by atoms with Crippen LogP contribution in [0.1, 0.15) is 31.4 Å². The van der Waals surface area contributed by atoms with Gasteiger partial charge in [0.25, 0.3) is 0 Å². The van der Waals surface area contributed by atoms with Crippen molar-refractivity contribution in [3.05, 3.63) is 23.8 Å². The Bertz CT molecular complexity index is 356. The van der Waals surface area contributed by atoms with Gasteiger partial charge in [0.15, 0.2) is 0 Å². The summed E-state index contributed by atoms with van der Waals surface area (Å²) in [5.74, 6) is 2.50. The standard InChI is InChI=1S/C14H21NO2/c1-10-4-5-15-14(6-10)11-7-12(16-2)9-13(8-11)17-3/h7-10,14-15H,4-6H2,1-3H3. The Morgan fingerprint density at radius 1 is 1.12 bits per heavy atom. The van der Waals surface area contributed by atoms with Crippen molar-refractivity contribution in [2.24, 2.45) is 5.92 Å². The van der Waals surface area contributed by atoms with Crippen LogP contribution in [-0.2, 0) is 0 Å². The molecule has 3 heteroatoms. The van der Waals surface area contributed by atoms with Crippen LogP contribution >= 0.6 is 0 Å². The molecule has 0 spiro atoms. The van der Waals surface area contributed by atoms with Crippen molar-refractivity contribution in [3.8, 4) is 11.5 Å². The molecule has 0 radical (unpaired) electrons. The maximum absolute atomic E-state index is 5.31. The van der Waals surface area contributed by atoms with Gasteiger partial charge in [-0.1, -0.05) is 6.92 Å². The van der Waals surface area contributed by atoms with Gasteiger partial charge in [-0.15, -0.1) is 0 Å². The largest absolute Gasteiger partial charge is 0.497 e. The molecule has 17 heavy (non-hydrogen) atoms. The van der Waals surface area contributed by atoms with Gasteiger partial charge >= 0.3 is 0 Å². The van der Waals surface area contributed by atoms with Crippen LogP contribution in [-0.4, -0.2) is 20.8 Å². The molecule has 1 aromatic rings. The minimum atomic E-state index is 0.419. The Balaban J connectivity index is 2.23. The zero-order chi connectivity index (χ0) is 12.3. The molecule has 1 aliphatic rings. The third kappa shape index (κ3) is 2.91. The molecule has 2 unspecified atom stereocenters. The minimum Gasteiger partial charge on any atom is -0.497 e. The monoisotopic (exact) mass is 235 g/mol. The van der Waals surface area contributed by atoms with Crippen molar-refractivity contribution in [1.29, 1.82) is 0 Å². The highest BCUT2D eigenvalue weighted by molar-refractivity contribution is 5.40. The number of rotatable bonds is 3. The van der Waals surface area contributed by atoms with Crippen LogP contribution in [0, 0.1) is 5.92 Å². The summed E-state index contributed by atoms with van der Waals surface area (Å²) in [6.45, 7) is 3.40. The first kappa shape index (κ1) is 12.2. The van der Waals surface area contributed by atoms with E-state index in [4.69, 9.17) is 9.47 Å². The summed E-state index contributed by atoms with van der Waals surface area (Å²) in [5.41, 5.74) is 1.26. The molecule has 1 heterocycles. The second-order valence-electron chi connectivity index (χ2n) is 4.78. The van der Waals surface area contributed by atoms with Crippen LogP contribution < -0.4 is 14.8 Å². The number of ether oxygens (including phenoxy) is 2. The normalized spacial score (nSPS) is 24.4. The summed E-state index contributed by atoms with van der Waals surface area (Å²) in [4.78, 5) is 0. The molecule has 1 aliphatic heterocycles. The average molecular weight is 235 g/mol. The summed E-state index contributed by atoms with van der Waals surface area (Å²) in [6, 6.07) is 6.52. The van der Waals surface area contributed by atoms with Crippen molar-refractivity contribution in [2.75, 3.05) is 20.8 Å². The van der Waals surface area contributed by atoms with E-state index in [0.29, 0.717) is 6.04 Å². The van der Waals surface area contributed by atoms with E-state index in [-0.39, 0.29) is 0 Å². The molecule has 0 amide bonds. The molecule has 1 N–H and O–H groups in total. The van der Waals surface area contributed by atoms with E-state index in [0.717, 1.165) is 24.0 Å². The van der Waals surface area contributed by atoms with Gasteiger partial charge in [-0.3, -0.25) is 0 Å². The molecule has 2 atom stereocenters. The zero-order valence-corrected chi connectivity index (χ0v) is 10.8. The third-order valence-electron chi connectivity index (χ3n) is 3.44. The molecule has 1 saturated heterocycles. The molecule has 94 valence electrons. The number of hydrogen-bond donors (Lipinski definition) is 1. The fourth-order valence-corrected chi connectivity index (χ4v) is 2.39. The topological polar surface area (TPSA) is 30.5 Å². The molecule has 1 aromatic carbocycles. The van der Waals surface area contributed by atoms with Crippen LogP contribution in [0.5, 0.6) is 11.5 Å². The lowest BCUT2D eigenvalue weighted by molar-refractivity contribution is 0.322. The van der Waals surface area contributed by atoms with E-state index in [9.17, 15) is 0 Å². The summed E-state index contributed by atoms with van der Waals surface area (Å²) in [5, 5.41) is 3.56. The predicted molar refractivity (Wildman–Crippen MR) is 68.7 cm³/mol. The molecule has 0 saturated carbocycles. The van der Waals surface area contributed by atoms with Crippen LogP contribution in [0.25, 0.3) is 0 Å². The van der Waals surface area contributed by atoms with E-state index in [2.05, 4.69) is 24.4 Å². The zero-order valence-electron chi connectivity index (χ0n) is 10.8. The van der Waals surface area contributed by atoms with Gasteiger partial charge in [0, 0.05) is 12.1 Å². The lowest BCUT2D eigenvalue weighted by Gasteiger charge is -2.29. The number of nitrogens with one attached hydrogen (secondary N) is 1. The van der Waals surface area contributed by atoms with Crippen LogP contribution in [0.2, 0.25) is 0 Å². The lowest BCUT2D eigenvalue weighted by Crippen LogP contribution is -2.30. The van der Waals surface area contributed by atoms with Gasteiger partial charge in [-0.2, -0.15) is 0 Å². The molecule has 0 bridgehead atoms. The summed E-state index contributed by atoms with van der Waals surface area (Å²) >= 11 is 0. The smallest absolute Gasteiger partial charge is 0.122 e. The van der Waals surface area contributed by atoms with Gasteiger partial charge < -0.3 is 14.8 Å². The SMILES string of the molecule is COc1cc(OC)cc(C2CC(C)CCN2)c1. The van der Waals surface area contributed by atoms with Gasteiger partial charge in [0.1, 0.15) is 11.5 Å². The quantitative estimate of drug-likeness (QED) is 0.874. The maximum atomic E-state index is 5.31. The highest BCUT2D eigenvalue weighted by Gasteiger charge is 2.20. The van der Waals surface area contributed by atoms with Crippen LogP contribution in [0.15, 0.2) is 18.2 Å². The second kappa shape index (κ2) is 5.41. The Kier molecular flexibility index (Phi) is 3.89.